The Bertz CT molecular complexity index is 479. The van der Waals surface area contributed by atoms with Gasteiger partial charge in [0.1, 0.15) is 5.75 Å². The second-order valence-corrected chi connectivity index (χ2v) is 4.38. The standard InChI is InChI=1S/C12H15ClN2O4/c1-7(5-11(16)17)14-12(18)15-9-6-8(13)3-4-10(9)19-2/h3-4,6-7H,5H2,1-2H3,(H,16,17)(H2,14,15,18). The number of nitrogens with one attached hydrogen (secondary N) is 2. The van der Waals surface area contributed by atoms with Crippen LogP contribution in [0.25, 0.3) is 0 Å². The van der Waals surface area contributed by atoms with Crippen LogP contribution in [0, 0.1) is 0 Å². The molecule has 6 nitrogen and oxygen atoms in total. The van der Waals surface area contributed by atoms with Crippen molar-refractivity contribution in [3.05, 3.63) is 23.2 Å². The first-order chi connectivity index (χ1) is 8.92. The zero-order valence-corrected chi connectivity index (χ0v) is 11.3. The molecule has 1 atom stereocenters. The third kappa shape index (κ3) is 5.05. The van der Waals surface area contributed by atoms with E-state index in [1.807, 2.05) is 0 Å². The average Bonchev–Trinajstić information content (AvgIpc) is 2.27. The van der Waals surface area contributed by atoms with Gasteiger partial charge in [-0.15, -0.1) is 0 Å². The van der Waals surface area contributed by atoms with E-state index in [0.29, 0.717) is 16.5 Å². The molecule has 104 valence electrons. The van der Waals surface area contributed by atoms with Crippen molar-refractivity contribution >= 4 is 29.3 Å². The van der Waals surface area contributed by atoms with E-state index < -0.39 is 18.0 Å². The van der Waals surface area contributed by atoms with Crippen LogP contribution in [0.15, 0.2) is 18.2 Å². The van der Waals surface area contributed by atoms with Crippen LogP contribution in [0.1, 0.15) is 13.3 Å². The summed E-state index contributed by atoms with van der Waals surface area (Å²) in [5.74, 6) is -0.515. The minimum atomic E-state index is -0.979. The number of carboxylic acid groups (broad SMARTS) is 1. The Morgan fingerprint density at radius 2 is 2.16 bits per heavy atom. The van der Waals surface area contributed by atoms with Crippen LogP contribution < -0.4 is 15.4 Å². The second-order valence-electron chi connectivity index (χ2n) is 3.94. The second kappa shape index (κ2) is 6.84. The first-order valence-electron chi connectivity index (χ1n) is 5.55. The molecule has 1 aromatic rings. The summed E-state index contributed by atoms with van der Waals surface area (Å²) >= 11 is 5.83. The van der Waals surface area contributed by atoms with Crippen molar-refractivity contribution in [1.29, 1.82) is 0 Å². The molecule has 0 aliphatic heterocycles. The number of urea groups is 1. The number of ether oxygens (including phenoxy) is 1. The lowest BCUT2D eigenvalue weighted by Gasteiger charge is -2.14. The molecule has 1 aromatic carbocycles. The van der Waals surface area contributed by atoms with Gasteiger partial charge in [0.25, 0.3) is 0 Å². The van der Waals surface area contributed by atoms with Gasteiger partial charge in [0.05, 0.1) is 19.2 Å². The summed E-state index contributed by atoms with van der Waals surface area (Å²) in [4.78, 5) is 22.2. The van der Waals surface area contributed by atoms with Crippen molar-refractivity contribution in [3.63, 3.8) is 0 Å². The maximum absolute atomic E-state index is 11.7. The number of aliphatic carboxylic acids is 1. The van der Waals surface area contributed by atoms with Gasteiger partial charge >= 0.3 is 12.0 Å². The zero-order chi connectivity index (χ0) is 14.4. The van der Waals surface area contributed by atoms with Crippen molar-refractivity contribution in [3.8, 4) is 5.75 Å². The van der Waals surface area contributed by atoms with E-state index in [0.717, 1.165) is 0 Å². The van der Waals surface area contributed by atoms with Gasteiger partial charge in [-0.1, -0.05) is 11.6 Å². The molecule has 0 bridgehead atoms. The molecular formula is C12H15ClN2O4. The maximum Gasteiger partial charge on any atom is 0.319 e. The van der Waals surface area contributed by atoms with Crippen LogP contribution in [-0.4, -0.2) is 30.3 Å². The molecule has 7 heteroatoms. The predicted molar refractivity (Wildman–Crippen MR) is 71.9 cm³/mol. The van der Waals surface area contributed by atoms with Crippen molar-refractivity contribution in [1.82, 2.24) is 5.32 Å². The Balaban J connectivity index is 2.66. The van der Waals surface area contributed by atoms with Gasteiger partial charge in [0, 0.05) is 11.1 Å². The normalized spacial score (nSPS) is 11.5. The van der Waals surface area contributed by atoms with Crippen LogP contribution in [-0.2, 0) is 4.79 Å². The number of hydrogen-bond donors (Lipinski definition) is 3. The summed E-state index contributed by atoms with van der Waals surface area (Å²) in [6, 6.07) is 3.80. The molecule has 0 radical (unpaired) electrons. The molecule has 0 aliphatic rings. The Hall–Kier alpha value is -1.95. The SMILES string of the molecule is COc1ccc(Cl)cc1NC(=O)NC(C)CC(=O)O. The van der Waals surface area contributed by atoms with Crippen molar-refractivity contribution in [2.75, 3.05) is 12.4 Å². The molecule has 0 spiro atoms. The molecule has 1 rings (SSSR count). The molecule has 0 saturated heterocycles. The third-order valence-corrected chi connectivity index (χ3v) is 2.50. The van der Waals surface area contributed by atoms with Crippen LogP contribution in [0.2, 0.25) is 5.02 Å². The highest BCUT2D eigenvalue weighted by atomic mass is 35.5. The van der Waals surface area contributed by atoms with E-state index in [4.69, 9.17) is 21.4 Å². The Morgan fingerprint density at radius 1 is 1.47 bits per heavy atom. The first-order valence-corrected chi connectivity index (χ1v) is 5.93. The van der Waals surface area contributed by atoms with E-state index in [9.17, 15) is 9.59 Å². The van der Waals surface area contributed by atoms with Crippen molar-refractivity contribution < 1.29 is 19.4 Å². The fourth-order valence-corrected chi connectivity index (χ4v) is 1.65. The Kier molecular flexibility index (Phi) is 5.44. The molecule has 0 saturated carbocycles. The lowest BCUT2D eigenvalue weighted by molar-refractivity contribution is -0.137. The molecule has 19 heavy (non-hydrogen) atoms. The highest BCUT2D eigenvalue weighted by molar-refractivity contribution is 6.31. The highest BCUT2D eigenvalue weighted by Gasteiger charge is 2.12. The quantitative estimate of drug-likeness (QED) is 0.775. The van der Waals surface area contributed by atoms with Crippen molar-refractivity contribution in [2.45, 2.75) is 19.4 Å². The minimum Gasteiger partial charge on any atom is -0.495 e. The summed E-state index contributed by atoms with van der Waals surface area (Å²) in [6.45, 7) is 1.60. The van der Waals surface area contributed by atoms with Gasteiger partial charge in [-0.05, 0) is 25.1 Å². The van der Waals surface area contributed by atoms with Crippen LogP contribution in [0.5, 0.6) is 5.75 Å². The monoisotopic (exact) mass is 286 g/mol. The number of carbonyl (C=O) groups is 2. The van der Waals surface area contributed by atoms with Crippen molar-refractivity contribution in [2.24, 2.45) is 0 Å². The number of halogens is 1. The smallest absolute Gasteiger partial charge is 0.319 e. The fourth-order valence-electron chi connectivity index (χ4n) is 1.47. The zero-order valence-electron chi connectivity index (χ0n) is 10.6. The van der Waals surface area contributed by atoms with Gasteiger partial charge < -0.3 is 20.5 Å². The summed E-state index contributed by atoms with van der Waals surface area (Å²) in [6.07, 6.45) is -0.153. The highest BCUT2D eigenvalue weighted by Crippen LogP contribution is 2.27. The number of rotatable bonds is 5. The largest absolute Gasteiger partial charge is 0.495 e. The number of anilines is 1. The summed E-state index contributed by atoms with van der Waals surface area (Å²) in [5, 5.41) is 14.1. The fraction of sp³-hybridized carbons (Fsp3) is 0.333. The molecular weight excluding hydrogens is 272 g/mol. The van der Waals surface area contributed by atoms with Gasteiger partial charge in [-0.25, -0.2) is 4.79 Å². The van der Waals surface area contributed by atoms with Gasteiger partial charge in [-0.2, -0.15) is 0 Å². The lowest BCUT2D eigenvalue weighted by atomic mass is 10.2. The number of carbonyl (C=O) groups excluding carboxylic acids is 1. The van der Waals surface area contributed by atoms with E-state index >= 15 is 0 Å². The molecule has 2 amide bonds. The van der Waals surface area contributed by atoms with Crippen LogP contribution in [0.4, 0.5) is 10.5 Å². The molecule has 1 unspecified atom stereocenters. The van der Waals surface area contributed by atoms with Crippen LogP contribution >= 0.6 is 11.6 Å². The van der Waals surface area contributed by atoms with Gasteiger partial charge in [0.15, 0.2) is 0 Å². The van der Waals surface area contributed by atoms with E-state index in [1.165, 1.54) is 7.11 Å². The third-order valence-electron chi connectivity index (χ3n) is 2.27. The maximum atomic E-state index is 11.7. The lowest BCUT2D eigenvalue weighted by Crippen LogP contribution is -2.37. The molecule has 0 fully saturated rings. The molecule has 0 aliphatic carbocycles. The molecule has 3 N–H and O–H groups in total. The number of benzene rings is 1. The summed E-state index contributed by atoms with van der Waals surface area (Å²) < 4.78 is 5.08. The number of hydrogen-bond acceptors (Lipinski definition) is 3. The van der Waals surface area contributed by atoms with Gasteiger partial charge in [-0.3, -0.25) is 4.79 Å². The Morgan fingerprint density at radius 3 is 2.74 bits per heavy atom. The average molecular weight is 287 g/mol. The summed E-state index contributed by atoms with van der Waals surface area (Å²) in [5.41, 5.74) is 0.412. The molecule has 0 heterocycles. The number of methoxy groups -OCH3 is 1. The van der Waals surface area contributed by atoms with E-state index in [2.05, 4.69) is 10.6 Å². The predicted octanol–water partition coefficient (Wildman–Crippen LogP) is 2.33. The first kappa shape index (κ1) is 15.1. The van der Waals surface area contributed by atoms with Crippen LogP contribution in [0.3, 0.4) is 0 Å². The number of amides is 2. The number of carboxylic acids is 1. The summed E-state index contributed by atoms with van der Waals surface area (Å²) in [7, 11) is 1.47. The minimum absolute atomic E-state index is 0.153. The Labute approximate surface area is 115 Å². The molecule has 0 aromatic heterocycles. The topological polar surface area (TPSA) is 87.7 Å². The van der Waals surface area contributed by atoms with Gasteiger partial charge in [0.2, 0.25) is 0 Å². The van der Waals surface area contributed by atoms with E-state index in [1.54, 1.807) is 25.1 Å². The van der Waals surface area contributed by atoms with E-state index in [-0.39, 0.29) is 6.42 Å².